The molecule has 4 atom stereocenters. The number of aromatic hydroxyl groups is 1. The highest BCUT2D eigenvalue weighted by atomic mass is 16.5. The largest absolute Gasteiger partial charge is 0.504 e. The minimum atomic E-state index is -1.22. The van der Waals surface area contributed by atoms with Crippen molar-refractivity contribution < 1.29 is 19.7 Å². The van der Waals surface area contributed by atoms with Crippen molar-refractivity contribution in [2.24, 2.45) is 0 Å². The number of piperidine rings is 1. The molecule has 1 saturated heterocycles. The average molecular weight is 315 g/mol. The van der Waals surface area contributed by atoms with Gasteiger partial charge in [-0.05, 0) is 57.6 Å². The summed E-state index contributed by atoms with van der Waals surface area (Å²) in [4.78, 5) is 14.6. The molecule has 1 aromatic carbocycles. The summed E-state index contributed by atoms with van der Waals surface area (Å²) in [5.41, 5.74) is -0.355. The van der Waals surface area contributed by atoms with Crippen molar-refractivity contribution in [1.29, 1.82) is 0 Å². The van der Waals surface area contributed by atoms with Gasteiger partial charge in [0.2, 0.25) is 0 Å². The van der Waals surface area contributed by atoms with Crippen molar-refractivity contribution in [3.05, 3.63) is 35.4 Å². The number of ketones is 1. The molecule has 1 fully saturated rings. The maximum absolute atomic E-state index is 12.5. The Balaban J connectivity index is 2.06. The van der Waals surface area contributed by atoms with Gasteiger partial charge in [-0.15, -0.1) is 0 Å². The quantitative estimate of drug-likeness (QED) is 0.755. The molecule has 1 aromatic rings. The van der Waals surface area contributed by atoms with E-state index in [9.17, 15) is 15.0 Å². The molecule has 1 aliphatic carbocycles. The first-order chi connectivity index (χ1) is 10.8. The highest BCUT2D eigenvalue weighted by Gasteiger charge is 2.68. The number of hydrogen-bond acceptors (Lipinski definition) is 5. The number of nitrogens with zero attached hydrogens (tertiary/aromatic N) is 1. The topological polar surface area (TPSA) is 70.0 Å². The van der Waals surface area contributed by atoms with Gasteiger partial charge in [-0.2, -0.15) is 0 Å². The lowest BCUT2D eigenvalue weighted by Crippen LogP contribution is -2.71. The second-order valence-corrected chi connectivity index (χ2v) is 7.04. The van der Waals surface area contributed by atoms with E-state index in [1.54, 1.807) is 12.1 Å². The highest BCUT2D eigenvalue weighted by molar-refractivity contribution is 5.98. The summed E-state index contributed by atoms with van der Waals surface area (Å²) in [7, 11) is 1.97. The van der Waals surface area contributed by atoms with Crippen LogP contribution in [-0.2, 0) is 10.2 Å². The van der Waals surface area contributed by atoms with E-state index in [-0.39, 0.29) is 17.6 Å². The molecule has 2 N–H and O–H groups in total. The number of carbonyl (C=O) groups is 1. The molecule has 0 saturated carbocycles. The first-order valence-corrected chi connectivity index (χ1v) is 7.98. The van der Waals surface area contributed by atoms with Gasteiger partial charge in [0, 0.05) is 11.6 Å². The summed E-state index contributed by atoms with van der Waals surface area (Å²) < 4.78 is 5.91. The lowest BCUT2D eigenvalue weighted by Gasteiger charge is -2.56. The Morgan fingerprint density at radius 2 is 2.13 bits per heavy atom. The Morgan fingerprint density at radius 3 is 2.87 bits per heavy atom. The zero-order valence-electron chi connectivity index (χ0n) is 13.5. The number of fused-ring (bicyclic) bond motifs is 1. The lowest BCUT2D eigenvalue weighted by atomic mass is 9.55. The Kier molecular flexibility index (Phi) is 2.79. The Bertz CT molecular complexity index is 743. The van der Waals surface area contributed by atoms with Crippen molar-refractivity contribution >= 4 is 5.78 Å². The van der Waals surface area contributed by atoms with Crippen LogP contribution in [0.15, 0.2) is 24.3 Å². The number of likely N-dealkylation sites (N-methyl/N-ethyl adjacent to an activating group) is 1. The number of ether oxygens (including phenoxy) is 1. The van der Waals surface area contributed by atoms with Crippen molar-refractivity contribution in [2.75, 3.05) is 13.6 Å². The number of phenolic OH excluding ortho intramolecular Hbond substituents is 1. The van der Waals surface area contributed by atoms with Gasteiger partial charge in [0.25, 0.3) is 0 Å². The summed E-state index contributed by atoms with van der Waals surface area (Å²) in [6.07, 6.45) is 2.88. The van der Waals surface area contributed by atoms with E-state index in [0.717, 1.165) is 17.7 Å². The van der Waals surface area contributed by atoms with Crippen LogP contribution in [0.5, 0.6) is 11.5 Å². The van der Waals surface area contributed by atoms with E-state index in [0.29, 0.717) is 12.2 Å². The van der Waals surface area contributed by atoms with Crippen molar-refractivity contribution in [2.45, 2.75) is 43.4 Å². The maximum atomic E-state index is 12.5. The standard InChI is InChI=1S/C18H21NO4/c1-10-4-5-12(20)15-14(10)17-8-9-19(3)11(2)18(17,22)7-6-13(21)16(17)23-15/h4-7,11,16,20,22H,8-9H2,1-3H3/t11-,16?,17+,18?/m1/s1. The number of likely N-dealkylation sites (tertiary alicyclic amines) is 1. The second kappa shape index (κ2) is 4.36. The zero-order chi connectivity index (χ0) is 16.6. The fraction of sp³-hybridized carbons (Fsp3) is 0.500. The van der Waals surface area contributed by atoms with Gasteiger partial charge >= 0.3 is 0 Å². The molecule has 5 heteroatoms. The van der Waals surface area contributed by atoms with Crippen LogP contribution in [0.1, 0.15) is 24.5 Å². The molecule has 0 radical (unpaired) electrons. The van der Waals surface area contributed by atoms with Crippen LogP contribution < -0.4 is 4.74 Å². The van der Waals surface area contributed by atoms with E-state index in [1.807, 2.05) is 27.0 Å². The number of carbonyl (C=O) groups excluding carboxylic acids is 1. The van der Waals surface area contributed by atoms with Gasteiger partial charge in [0.05, 0.1) is 5.41 Å². The van der Waals surface area contributed by atoms with Gasteiger partial charge in [-0.1, -0.05) is 6.07 Å². The molecule has 3 aliphatic rings. The Hall–Kier alpha value is -1.85. The molecular weight excluding hydrogens is 294 g/mol. The normalized spacial score (nSPS) is 38.7. The molecule has 0 aromatic heterocycles. The van der Waals surface area contributed by atoms with E-state index < -0.39 is 17.1 Å². The molecule has 0 bridgehead atoms. The summed E-state index contributed by atoms with van der Waals surface area (Å²) in [6.45, 7) is 4.65. The number of hydrogen-bond donors (Lipinski definition) is 2. The number of benzene rings is 1. The third-order valence-corrected chi connectivity index (χ3v) is 6.11. The first-order valence-electron chi connectivity index (χ1n) is 7.98. The van der Waals surface area contributed by atoms with Crippen molar-refractivity contribution in [3.63, 3.8) is 0 Å². The number of phenols is 1. The monoisotopic (exact) mass is 315 g/mol. The molecular formula is C18H21NO4. The molecule has 2 heterocycles. The summed E-state index contributed by atoms with van der Waals surface area (Å²) in [5, 5.41) is 21.9. The Labute approximate surface area is 135 Å². The molecule has 0 amide bonds. The van der Waals surface area contributed by atoms with Crippen LogP contribution >= 0.6 is 0 Å². The fourth-order valence-corrected chi connectivity index (χ4v) is 4.70. The SMILES string of the molecule is Cc1ccc(O)c2c1[C@]13CCN(C)[C@H](C)C1(O)C=CC(=O)C3O2. The molecule has 122 valence electrons. The fourth-order valence-electron chi connectivity index (χ4n) is 4.70. The van der Waals surface area contributed by atoms with Crippen molar-refractivity contribution in [1.82, 2.24) is 4.90 Å². The van der Waals surface area contributed by atoms with Crippen LogP contribution in [0.3, 0.4) is 0 Å². The highest BCUT2D eigenvalue weighted by Crippen LogP contribution is 2.60. The second-order valence-electron chi connectivity index (χ2n) is 7.04. The molecule has 4 rings (SSSR count). The van der Waals surface area contributed by atoms with Crippen LogP contribution in [0.4, 0.5) is 0 Å². The minimum absolute atomic E-state index is 0.0242. The maximum Gasteiger partial charge on any atom is 0.196 e. The number of aliphatic hydroxyl groups is 1. The Morgan fingerprint density at radius 1 is 1.39 bits per heavy atom. The first kappa shape index (κ1) is 14.7. The van der Waals surface area contributed by atoms with E-state index >= 15 is 0 Å². The third-order valence-electron chi connectivity index (χ3n) is 6.11. The van der Waals surface area contributed by atoms with E-state index in [1.165, 1.54) is 6.08 Å². The molecule has 2 unspecified atom stereocenters. The predicted octanol–water partition coefficient (Wildman–Crippen LogP) is 1.29. The number of rotatable bonds is 0. The number of aryl methyl sites for hydroxylation is 1. The average Bonchev–Trinajstić information content (AvgIpc) is 2.89. The summed E-state index contributed by atoms with van der Waals surface area (Å²) in [5.74, 6) is 0.222. The van der Waals surface area contributed by atoms with Crippen LogP contribution in [0.25, 0.3) is 0 Å². The van der Waals surface area contributed by atoms with E-state index in [4.69, 9.17) is 4.74 Å². The smallest absolute Gasteiger partial charge is 0.196 e. The van der Waals surface area contributed by atoms with Gasteiger partial charge < -0.3 is 19.8 Å². The molecule has 1 spiro atoms. The predicted molar refractivity (Wildman–Crippen MR) is 84.7 cm³/mol. The van der Waals surface area contributed by atoms with Gasteiger partial charge in [0.15, 0.2) is 23.4 Å². The molecule has 2 aliphatic heterocycles. The third kappa shape index (κ3) is 1.52. The van der Waals surface area contributed by atoms with Crippen molar-refractivity contribution in [3.8, 4) is 11.5 Å². The molecule has 5 nitrogen and oxygen atoms in total. The van der Waals surface area contributed by atoms with Crippen LogP contribution in [0.2, 0.25) is 0 Å². The van der Waals surface area contributed by atoms with Gasteiger partial charge in [0.1, 0.15) is 5.60 Å². The summed E-state index contributed by atoms with van der Waals surface area (Å²) >= 11 is 0. The van der Waals surface area contributed by atoms with Gasteiger partial charge in [-0.25, -0.2) is 0 Å². The van der Waals surface area contributed by atoms with Crippen LogP contribution in [0, 0.1) is 6.92 Å². The van der Waals surface area contributed by atoms with Gasteiger partial charge in [-0.3, -0.25) is 4.79 Å². The van der Waals surface area contributed by atoms with E-state index in [2.05, 4.69) is 4.90 Å². The zero-order valence-corrected chi connectivity index (χ0v) is 13.5. The minimum Gasteiger partial charge on any atom is -0.504 e. The summed E-state index contributed by atoms with van der Waals surface area (Å²) in [6, 6.07) is 3.23. The van der Waals surface area contributed by atoms with Crippen LogP contribution in [-0.4, -0.2) is 52.2 Å². The molecule has 23 heavy (non-hydrogen) atoms. The lowest BCUT2D eigenvalue weighted by molar-refractivity contribution is -0.146.